The Morgan fingerprint density at radius 1 is 1.10 bits per heavy atom. The molecule has 1 aliphatic heterocycles. The molecule has 5 rings (SSSR count). The van der Waals surface area contributed by atoms with Gasteiger partial charge in [-0.25, -0.2) is 0 Å². The van der Waals surface area contributed by atoms with Crippen molar-refractivity contribution < 1.29 is 36.2 Å². The van der Waals surface area contributed by atoms with Gasteiger partial charge in [-0.05, 0) is 68.6 Å². The highest BCUT2D eigenvalue weighted by Gasteiger charge is 2.86. The summed E-state index contributed by atoms with van der Waals surface area (Å²) in [7, 11) is 0. The first-order valence-corrected chi connectivity index (χ1v) is 10.4. The number of fused-ring (bicyclic) bond motifs is 9. The second-order valence-corrected chi connectivity index (χ2v) is 9.86. The third kappa shape index (κ3) is 2.09. The van der Waals surface area contributed by atoms with Gasteiger partial charge >= 0.3 is 18.1 Å². The van der Waals surface area contributed by atoms with E-state index in [1.54, 1.807) is 0 Å². The van der Waals surface area contributed by atoms with Crippen LogP contribution in [0.5, 0.6) is 0 Å². The molecule has 1 saturated heterocycles. The van der Waals surface area contributed by atoms with E-state index in [2.05, 4.69) is 12.2 Å². The van der Waals surface area contributed by atoms with Crippen LogP contribution < -0.4 is 0 Å². The fourth-order valence-corrected chi connectivity index (χ4v) is 7.89. The summed E-state index contributed by atoms with van der Waals surface area (Å²) in [5.74, 6) is -4.91. The van der Waals surface area contributed by atoms with Crippen molar-refractivity contribution in [2.75, 3.05) is 0 Å². The minimum atomic E-state index is -5.30. The Balaban J connectivity index is 1.60. The molecule has 4 aliphatic carbocycles. The predicted octanol–water partition coefficient (Wildman–Crippen LogP) is 4.76. The zero-order valence-electron chi connectivity index (χ0n) is 16.5. The largest absolute Gasteiger partial charge is 0.450 e. The van der Waals surface area contributed by atoms with Gasteiger partial charge in [-0.15, -0.1) is 0 Å². The average molecular weight is 420 g/mol. The van der Waals surface area contributed by atoms with E-state index in [0.29, 0.717) is 31.6 Å². The SMILES string of the molecule is CC(=O)OC1(C2CC3CC2C2C4C=CC(C4)C32)C(C)OC(C)(C(F)(F)F)C1(F)F. The molecule has 29 heavy (non-hydrogen) atoms. The molecule has 1 heterocycles. The maximum absolute atomic E-state index is 15.8. The van der Waals surface area contributed by atoms with Crippen LogP contribution in [0.3, 0.4) is 0 Å². The maximum atomic E-state index is 15.8. The van der Waals surface area contributed by atoms with Gasteiger partial charge in [-0.3, -0.25) is 4.79 Å². The van der Waals surface area contributed by atoms with Gasteiger partial charge in [0.05, 0.1) is 0 Å². The zero-order chi connectivity index (χ0) is 21.1. The fraction of sp³-hybridized carbons (Fsp3) is 0.857. The van der Waals surface area contributed by atoms with E-state index in [9.17, 15) is 18.0 Å². The number of halogens is 5. The van der Waals surface area contributed by atoms with Gasteiger partial charge in [0.2, 0.25) is 11.2 Å². The van der Waals surface area contributed by atoms with Gasteiger partial charge in [0.15, 0.2) is 0 Å². The summed E-state index contributed by atoms with van der Waals surface area (Å²) in [5, 5.41) is 0. The van der Waals surface area contributed by atoms with E-state index in [-0.39, 0.29) is 23.7 Å². The molecular formula is C21H25F5O3. The van der Waals surface area contributed by atoms with E-state index in [1.165, 1.54) is 6.92 Å². The van der Waals surface area contributed by atoms with Crippen molar-refractivity contribution in [3.63, 3.8) is 0 Å². The average Bonchev–Trinajstić information content (AvgIpc) is 3.36. The number of esters is 1. The third-order valence-corrected chi connectivity index (χ3v) is 8.78. The Bertz CT molecular complexity index is 779. The van der Waals surface area contributed by atoms with Crippen molar-refractivity contribution in [3.05, 3.63) is 12.2 Å². The van der Waals surface area contributed by atoms with Crippen LogP contribution in [0.2, 0.25) is 0 Å². The molecule has 5 aliphatic rings. The third-order valence-electron chi connectivity index (χ3n) is 8.78. The predicted molar refractivity (Wildman–Crippen MR) is 91.9 cm³/mol. The molecule has 0 aromatic carbocycles. The summed E-state index contributed by atoms with van der Waals surface area (Å²) in [6.45, 7) is 2.55. The van der Waals surface area contributed by atoms with E-state index < -0.39 is 41.3 Å². The molecule has 3 nitrogen and oxygen atoms in total. The minimum Gasteiger partial charge on any atom is -0.450 e. The number of hydrogen-bond acceptors (Lipinski definition) is 3. The fourth-order valence-electron chi connectivity index (χ4n) is 7.89. The summed E-state index contributed by atoms with van der Waals surface area (Å²) in [4.78, 5) is 11.9. The van der Waals surface area contributed by atoms with Crippen LogP contribution in [0.15, 0.2) is 12.2 Å². The summed E-state index contributed by atoms with van der Waals surface area (Å²) in [6.07, 6.45) is -0.462. The molecule has 0 aromatic rings. The van der Waals surface area contributed by atoms with Gasteiger partial charge in [0, 0.05) is 12.8 Å². The van der Waals surface area contributed by atoms with Crippen LogP contribution in [-0.2, 0) is 14.3 Å². The maximum Gasteiger partial charge on any atom is 0.423 e. The van der Waals surface area contributed by atoms with Crippen molar-refractivity contribution in [1.82, 2.24) is 0 Å². The van der Waals surface area contributed by atoms with Crippen LogP contribution in [0.1, 0.15) is 40.0 Å². The quantitative estimate of drug-likeness (QED) is 0.280. The molecule has 4 fully saturated rings. The molecule has 162 valence electrons. The lowest BCUT2D eigenvalue weighted by Crippen LogP contribution is -2.67. The lowest BCUT2D eigenvalue weighted by molar-refractivity contribution is -0.327. The Hall–Kier alpha value is -1.18. The van der Waals surface area contributed by atoms with Crippen molar-refractivity contribution in [3.8, 4) is 0 Å². The van der Waals surface area contributed by atoms with E-state index in [1.807, 2.05) is 0 Å². The van der Waals surface area contributed by atoms with Crippen LogP contribution in [0, 0.1) is 41.4 Å². The monoisotopic (exact) mass is 420 g/mol. The first-order chi connectivity index (χ1) is 13.3. The number of carbonyl (C=O) groups is 1. The Kier molecular flexibility index (Phi) is 3.77. The van der Waals surface area contributed by atoms with Gasteiger partial charge in [0.1, 0.15) is 6.10 Å². The van der Waals surface area contributed by atoms with E-state index in [0.717, 1.165) is 13.3 Å². The Labute approximate surface area is 166 Å². The van der Waals surface area contributed by atoms with Gasteiger partial charge in [-0.2, -0.15) is 22.0 Å². The molecule has 0 radical (unpaired) electrons. The molecule has 8 heteroatoms. The first-order valence-electron chi connectivity index (χ1n) is 10.4. The molecule has 10 atom stereocenters. The van der Waals surface area contributed by atoms with Crippen molar-refractivity contribution in [2.24, 2.45) is 41.4 Å². The lowest BCUT2D eigenvalue weighted by Gasteiger charge is -2.48. The topological polar surface area (TPSA) is 35.5 Å². The standard InChI is InChI=1S/C21H25F5O3/c1-9-19(29-10(2)27,20(22,23)18(3,28-9)21(24,25)26)15-8-13-7-14(15)17-12-5-4-11(6-12)16(13)17/h4-5,9,11-17H,6-8H2,1-3H3. The van der Waals surface area contributed by atoms with Crippen molar-refractivity contribution in [1.29, 1.82) is 0 Å². The van der Waals surface area contributed by atoms with Crippen LogP contribution in [0.25, 0.3) is 0 Å². The Morgan fingerprint density at radius 3 is 2.28 bits per heavy atom. The molecular weight excluding hydrogens is 395 g/mol. The van der Waals surface area contributed by atoms with Gasteiger partial charge in [-0.1, -0.05) is 12.2 Å². The molecule has 0 aromatic heterocycles. The normalized spacial score (nSPS) is 54.2. The smallest absolute Gasteiger partial charge is 0.423 e. The molecule has 3 saturated carbocycles. The van der Waals surface area contributed by atoms with Crippen molar-refractivity contribution in [2.45, 2.75) is 69.4 Å². The first kappa shape index (κ1) is 19.8. The van der Waals surface area contributed by atoms with Gasteiger partial charge in [0.25, 0.3) is 0 Å². The molecule has 0 amide bonds. The summed E-state index contributed by atoms with van der Waals surface area (Å²) in [6, 6.07) is 0. The number of hydrogen-bond donors (Lipinski definition) is 0. The number of carbonyl (C=O) groups excluding carboxylic acids is 1. The number of ether oxygens (including phenoxy) is 2. The minimum absolute atomic E-state index is 0.182. The van der Waals surface area contributed by atoms with Crippen LogP contribution in [-0.4, -0.2) is 35.4 Å². The highest BCUT2D eigenvalue weighted by molar-refractivity contribution is 5.67. The summed E-state index contributed by atoms with van der Waals surface area (Å²) >= 11 is 0. The summed E-state index contributed by atoms with van der Waals surface area (Å²) in [5.41, 5.74) is -6.32. The highest BCUT2D eigenvalue weighted by atomic mass is 19.4. The van der Waals surface area contributed by atoms with Crippen LogP contribution in [0.4, 0.5) is 22.0 Å². The second-order valence-electron chi connectivity index (χ2n) is 9.86. The second kappa shape index (κ2) is 5.54. The molecule has 0 N–H and O–H groups in total. The number of alkyl halides is 5. The highest BCUT2D eigenvalue weighted by Crippen LogP contribution is 2.72. The Morgan fingerprint density at radius 2 is 1.72 bits per heavy atom. The molecule has 4 bridgehead atoms. The number of allylic oxidation sites excluding steroid dienone is 2. The van der Waals surface area contributed by atoms with Crippen molar-refractivity contribution >= 4 is 5.97 Å². The van der Waals surface area contributed by atoms with Gasteiger partial charge < -0.3 is 9.47 Å². The number of rotatable bonds is 2. The molecule has 0 spiro atoms. The summed E-state index contributed by atoms with van der Waals surface area (Å²) < 4.78 is 83.1. The van der Waals surface area contributed by atoms with Crippen LogP contribution >= 0.6 is 0 Å². The van der Waals surface area contributed by atoms with E-state index >= 15 is 8.78 Å². The zero-order valence-corrected chi connectivity index (χ0v) is 16.5. The van der Waals surface area contributed by atoms with E-state index in [4.69, 9.17) is 9.47 Å². The molecule has 10 unspecified atom stereocenters. The lowest BCUT2D eigenvalue weighted by atomic mass is 9.61.